The summed E-state index contributed by atoms with van der Waals surface area (Å²) in [5.74, 6) is 5.95. The maximum Gasteiger partial charge on any atom is 0.254 e. The number of hydrogen-bond donors (Lipinski definition) is 2. The van der Waals surface area contributed by atoms with Crippen molar-refractivity contribution in [3.05, 3.63) is 21.9 Å². The fourth-order valence-corrected chi connectivity index (χ4v) is 2.75. The number of rotatable bonds is 2. The molecule has 0 aliphatic carbocycles. The van der Waals surface area contributed by atoms with Crippen molar-refractivity contribution >= 4 is 17.2 Å². The second-order valence-corrected chi connectivity index (χ2v) is 5.21. The van der Waals surface area contributed by atoms with E-state index in [9.17, 15) is 4.79 Å². The second-order valence-electron chi connectivity index (χ2n) is 4.29. The third-order valence-corrected chi connectivity index (χ3v) is 3.84. The van der Waals surface area contributed by atoms with E-state index in [2.05, 4.69) is 11.8 Å². The number of nitrogens with two attached hydrogens (primary N) is 1. The van der Waals surface area contributed by atoms with E-state index in [-0.39, 0.29) is 18.4 Å². The normalized spacial score (nSPS) is 18.6. The third-order valence-electron chi connectivity index (χ3n) is 2.99. The minimum atomic E-state index is 0.0306. The molecule has 1 aromatic heterocycles. The first-order valence-electron chi connectivity index (χ1n) is 5.92. The van der Waals surface area contributed by atoms with Crippen LogP contribution in [0.25, 0.3) is 0 Å². The van der Waals surface area contributed by atoms with Crippen LogP contribution in [-0.4, -0.2) is 42.2 Å². The van der Waals surface area contributed by atoms with Gasteiger partial charge in [0, 0.05) is 31.0 Å². The Bertz CT molecular complexity index is 487. The Morgan fingerprint density at radius 3 is 3.17 bits per heavy atom. The molecule has 2 rings (SSSR count). The van der Waals surface area contributed by atoms with E-state index in [1.165, 1.54) is 11.3 Å². The first kappa shape index (κ1) is 13.1. The number of carbonyl (C=O) groups is 1. The van der Waals surface area contributed by atoms with E-state index in [0.29, 0.717) is 18.7 Å². The summed E-state index contributed by atoms with van der Waals surface area (Å²) >= 11 is 1.46. The molecule has 1 unspecified atom stereocenters. The van der Waals surface area contributed by atoms with Crippen molar-refractivity contribution in [3.8, 4) is 11.8 Å². The van der Waals surface area contributed by atoms with Crippen LogP contribution in [0.4, 0.5) is 0 Å². The van der Waals surface area contributed by atoms with Gasteiger partial charge in [-0.2, -0.15) is 0 Å². The molecule has 1 amide bonds. The average molecular weight is 264 g/mol. The van der Waals surface area contributed by atoms with Gasteiger partial charge >= 0.3 is 0 Å². The van der Waals surface area contributed by atoms with Gasteiger partial charge in [-0.3, -0.25) is 4.79 Å². The van der Waals surface area contributed by atoms with E-state index < -0.39 is 0 Å². The molecule has 0 radical (unpaired) electrons. The molecular weight excluding hydrogens is 248 g/mol. The number of likely N-dealkylation sites (tertiary alicyclic amines) is 1. The molecule has 1 saturated heterocycles. The van der Waals surface area contributed by atoms with Crippen molar-refractivity contribution in [3.63, 3.8) is 0 Å². The smallest absolute Gasteiger partial charge is 0.254 e. The van der Waals surface area contributed by atoms with Gasteiger partial charge in [0.15, 0.2) is 0 Å². The fourth-order valence-electron chi connectivity index (χ4n) is 2.00. The van der Waals surface area contributed by atoms with Crippen LogP contribution in [0.15, 0.2) is 11.4 Å². The Kier molecular flexibility index (Phi) is 4.37. The predicted octanol–water partition coefficient (Wildman–Crippen LogP) is 0.513. The molecule has 1 atom stereocenters. The molecule has 4 nitrogen and oxygen atoms in total. The van der Waals surface area contributed by atoms with Gasteiger partial charge in [-0.15, -0.1) is 11.3 Å². The molecule has 0 saturated carbocycles. The van der Waals surface area contributed by atoms with Crippen molar-refractivity contribution in [2.45, 2.75) is 6.42 Å². The summed E-state index contributed by atoms with van der Waals surface area (Å²) in [4.78, 5) is 14.8. The van der Waals surface area contributed by atoms with Gasteiger partial charge < -0.3 is 15.7 Å². The molecule has 0 bridgehead atoms. The van der Waals surface area contributed by atoms with Crippen molar-refractivity contribution in [2.75, 3.05) is 26.2 Å². The maximum absolute atomic E-state index is 12.2. The number of thiophene rings is 1. The van der Waals surface area contributed by atoms with E-state index >= 15 is 0 Å². The maximum atomic E-state index is 12.2. The summed E-state index contributed by atoms with van der Waals surface area (Å²) in [7, 11) is 0. The van der Waals surface area contributed by atoms with Gasteiger partial charge in [0.2, 0.25) is 0 Å². The summed E-state index contributed by atoms with van der Waals surface area (Å²) in [6.45, 7) is 1.85. The lowest BCUT2D eigenvalue weighted by atomic mass is 10.1. The van der Waals surface area contributed by atoms with Crippen LogP contribution in [0, 0.1) is 17.8 Å². The van der Waals surface area contributed by atoms with E-state index in [4.69, 9.17) is 10.8 Å². The van der Waals surface area contributed by atoms with Crippen molar-refractivity contribution in [1.29, 1.82) is 0 Å². The van der Waals surface area contributed by atoms with E-state index in [0.717, 1.165) is 17.8 Å². The van der Waals surface area contributed by atoms with Crippen LogP contribution in [-0.2, 0) is 0 Å². The van der Waals surface area contributed by atoms with Gasteiger partial charge in [-0.25, -0.2) is 0 Å². The van der Waals surface area contributed by atoms with Crippen LogP contribution < -0.4 is 5.73 Å². The fraction of sp³-hybridized carbons (Fsp3) is 0.462. The zero-order chi connectivity index (χ0) is 13.0. The summed E-state index contributed by atoms with van der Waals surface area (Å²) in [5.41, 5.74) is 5.99. The Morgan fingerprint density at radius 2 is 2.50 bits per heavy atom. The van der Waals surface area contributed by atoms with Gasteiger partial charge in [0.25, 0.3) is 5.91 Å². The van der Waals surface area contributed by atoms with Crippen LogP contribution >= 0.6 is 11.3 Å². The highest BCUT2D eigenvalue weighted by Gasteiger charge is 2.26. The highest BCUT2D eigenvalue weighted by Crippen LogP contribution is 2.21. The highest BCUT2D eigenvalue weighted by molar-refractivity contribution is 7.10. The molecule has 3 N–H and O–H groups in total. The van der Waals surface area contributed by atoms with Gasteiger partial charge in [0.05, 0.1) is 17.0 Å². The molecule has 1 fully saturated rings. The number of nitrogens with zero attached hydrogens (tertiary/aromatic N) is 1. The minimum Gasteiger partial charge on any atom is -0.396 e. The number of hydrogen-bond acceptors (Lipinski definition) is 4. The highest BCUT2D eigenvalue weighted by atomic mass is 32.1. The molecule has 18 heavy (non-hydrogen) atoms. The summed E-state index contributed by atoms with van der Waals surface area (Å²) in [6.07, 6.45) is 0.881. The zero-order valence-corrected chi connectivity index (χ0v) is 10.9. The lowest BCUT2D eigenvalue weighted by Crippen LogP contribution is -2.28. The van der Waals surface area contributed by atoms with Crippen molar-refractivity contribution in [1.82, 2.24) is 4.90 Å². The number of aliphatic hydroxyl groups is 1. The SMILES string of the molecule is NCC#Cc1cc(C(=O)N2CCC(CO)C2)cs1. The van der Waals surface area contributed by atoms with Gasteiger partial charge in [-0.05, 0) is 12.5 Å². The Morgan fingerprint density at radius 1 is 1.67 bits per heavy atom. The summed E-state index contributed by atoms with van der Waals surface area (Å²) in [5, 5.41) is 10.9. The largest absolute Gasteiger partial charge is 0.396 e. The minimum absolute atomic E-state index is 0.0306. The van der Waals surface area contributed by atoms with Crippen molar-refractivity contribution < 1.29 is 9.90 Å². The zero-order valence-electron chi connectivity index (χ0n) is 10.1. The molecule has 96 valence electrons. The molecule has 0 aromatic carbocycles. The Labute approximate surface area is 110 Å². The summed E-state index contributed by atoms with van der Waals surface area (Å²) < 4.78 is 0. The number of aliphatic hydroxyl groups excluding tert-OH is 1. The second kappa shape index (κ2) is 6.01. The molecule has 1 aliphatic rings. The molecule has 1 aliphatic heterocycles. The van der Waals surface area contributed by atoms with Gasteiger partial charge in [0.1, 0.15) is 0 Å². The average Bonchev–Trinajstić information content (AvgIpc) is 3.04. The lowest BCUT2D eigenvalue weighted by molar-refractivity contribution is 0.0782. The number of amides is 1. The molecule has 0 spiro atoms. The lowest BCUT2D eigenvalue weighted by Gasteiger charge is -2.14. The molecule has 5 heteroatoms. The molecule has 1 aromatic rings. The quantitative estimate of drug-likeness (QED) is 0.765. The van der Waals surface area contributed by atoms with Gasteiger partial charge in [-0.1, -0.05) is 11.8 Å². The van der Waals surface area contributed by atoms with Crippen LogP contribution in [0.1, 0.15) is 21.7 Å². The van der Waals surface area contributed by atoms with E-state index in [1.807, 2.05) is 11.4 Å². The van der Waals surface area contributed by atoms with Crippen LogP contribution in [0.3, 0.4) is 0 Å². The van der Waals surface area contributed by atoms with Crippen LogP contribution in [0.5, 0.6) is 0 Å². The molecular formula is C13H16N2O2S. The third kappa shape index (κ3) is 2.91. The Hall–Kier alpha value is -1.35. The van der Waals surface area contributed by atoms with Crippen LogP contribution in [0.2, 0.25) is 0 Å². The van der Waals surface area contributed by atoms with E-state index in [1.54, 1.807) is 4.90 Å². The predicted molar refractivity (Wildman–Crippen MR) is 71.3 cm³/mol. The molecule has 2 heterocycles. The standard InChI is InChI=1S/C13H16N2O2S/c14-4-1-2-12-6-11(9-18-12)13(17)15-5-3-10(7-15)8-16/h6,9-10,16H,3-5,7-8,14H2. The topological polar surface area (TPSA) is 66.6 Å². The first-order valence-corrected chi connectivity index (χ1v) is 6.80. The Balaban J connectivity index is 2.03. The summed E-state index contributed by atoms with van der Waals surface area (Å²) in [6, 6.07) is 1.81. The van der Waals surface area contributed by atoms with Crippen molar-refractivity contribution in [2.24, 2.45) is 11.7 Å². The number of carbonyl (C=O) groups excluding carboxylic acids is 1. The monoisotopic (exact) mass is 264 g/mol. The first-order chi connectivity index (χ1) is 8.74.